The number of rotatable bonds is 5. The zero-order chi connectivity index (χ0) is 15.4. The van der Waals surface area contributed by atoms with Gasteiger partial charge in [0.1, 0.15) is 5.75 Å². The largest absolute Gasteiger partial charge is 0.433 e. The van der Waals surface area contributed by atoms with Crippen LogP contribution >= 0.6 is 11.6 Å². The second-order valence-electron chi connectivity index (χ2n) is 5.57. The van der Waals surface area contributed by atoms with Crippen molar-refractivity contribution >= 4 is 17.3 Å². The molecule has 2 rings (SSSR count). The van der Waals surface area contributed by atoms with Gasteiger partial charge in [-0.15, -0.1) is 0 Å². The minimum atomic E-state index is -2.86. The number of alkyl halides is 2. The topological polar surface area (TPSA) is 24.5 Å². The van der Waals surface area contributed by atoms with E-state index in [0.29, 0.717) is 12.1 Å². The van der Waals surface area contributed by atoms with E-state index in [2.05, 4.69) is 28.8 Å². The Balaban J connectivity index is 1.91. The standard InChI is InChI=1S/C15H21ClF2N2O/c1-10(2)20-7-5-11(6-8-20)19-12-3-4-14(13(16)9-12)21-15(17)18/h3-4,9-11,15,19H,5-8H2,1-2H3. The second-order valence-corrected chi connectivity index (χ2v) is 5.98. The lowest BCUT2D eigenvalue weighted by molar-refractivity contribution is -0.0497. The zero-order valence-electron chi connectivity index (χ0n) is 12.3. The van der Waals surface area contributed by atoms with Crippen LogP contribution in [-0.4, -0.2) is 36.7 Å². The van der Waals surface area contributed by atoms with E-state index < -0.39 is 6.61 Å². The fourth-order valence-electron chi connectivity index (χ4n) is 2.58. The summed E-state index contributed by atoms with van der Waals surface area (Å²) in [5, 5.41) is 3.60. The van der Waals surface area contributed by atoms with Gasteiger partial charge in [0.2, 0.25) is 0 Å². The quantitative estimate of drug-likeness (QED) is 0.879. The van der Waals surface area contributed by atoms with Crippen molar-refractivity contribution < 1.29 is 13.5 Å². The van der Waals surface area contributed by atoms with Crippen LogP contribution in [0.5, 0.6) is 5.75 Å². The van der Waals surface area contributed by atoms with Crippen molar-refractivity contribution in [2.24, 2.45) is 0 Å². The van der Waals surface area contributed by atoms with Gasteiger partial charge in [0, 0.05) is 30.9 Å². The van der Waals surface area contributed by atoms with E-state index in [1.54, 1.807) is 12.1 Å². The smallest absolute Gasteiger partial charge is 0.387 e. The van der Waals surface area contributed by atoms with Crippen LogP contribution in [0.2, 0.25) is 5.02 Å². The van der Waals surface area contributed by atoms with Crippen LogP contribution < -0.4 is 10.1 Å². The van der Waals surface area contributed by atoms with Gasteiger partial charge in [-0.1, -0.05) is 11.6 Å². The summed E-state index contributed by atoms with van der Waals surface area (Å²) in [5.41, 5.74) is 0.838. The van der Waals surface area contributed by atoms with E-state index in [1.165, 1.54) is 6.07 Å². The molecule has 0 saturated carbocycles. The van der Waals surface area contributed by atoms with Crippen molar-refractivity contribution in [1.82, 2.24) is 4.90 Å². The number of ether oxygens (including phenoxy) is 1. The van der Waals surface area contributed by atoms with Crippen LogP contribution in [-0.2, 0) is 0 Å². The molecule has 0 aliphatic carbocycles. The first kappa shape index (κ1) is 16.3. The first-order valence-electron chi connectivity index (χ1n) is 7.20. The van der Waals surface area contributed by atoms with Gasteiger partial charge in [-0.2, -0.15) is 8.78 Å². The highest BCUT2D eigenvalue weighted by atomic mass is 35.5. The molecule has 1 N–H and O–H groups in total. The Morgan fingerprint density at radius 1 is 1.29 bits per heavy atom. The molecule has 0 aromatic heterocycles. The van der Waals surface area contributed by atoms with E-state index in [0.717, 1.165) is 31.6 Å². The van der Waals surface area contributed by atoms with Gasteiger partial charge in [-0.3, -0.25) is 0 Å². The molecule has 1 aliphatic rings. The molecule has 0 bridgehead atoms. The van der Waals surface area contributed by atoms with Crippen LogP contribution in [0, 0.1) is 0 Å². The van der Waals surface area contributed by atoms with E-state index >= 15 is 0 Å². The number of benzene rings is 1. The van der Waals surface area contributed by atoms with Crippen molar-refractivity contribution in [2.45, 2.75) is 45.4 Å². The number of hydrogen-bond donors (Lipinski definition) is 1. The average Bonchev–Trinajstić information content (AvgIpc) is 2.42. The molecule has 1 aromatic carbocycles. The highest BCUT2D eigenvalue weighted by Gasteiger charge is 2.20. The molecule has 118 valence electrons. The predicted molar refractivity (Wildman–Crippen MR) is 81.4 cm³/mol. The molecule has 1 saturated heterocycles. The summed E-state index contributed by atoms with van der Waals surface area (Å²) in [6, 6.07) is 5.79. The van der Waals surface area contributed by atoms with Gasteiger partial charge in [-0.05, 0) is 44.9 Å². The van der Waals surface area contributed by atoms with E-state index in [4.69, 9.17) is 11.6 Å². The van der Waals surface area contributed by atoms with Crippen LogP contribution in [0.4, 0.5) is 14.5 Å². The number of nitrogens with one attached hydrogen (secondary N) is 1. The third kappa shape index (κ3) is 4.71. The summed E-state index contributed by atoms with van der Waals surface area (Å²) in [7, 11) is 0. The maximum Gasteiger partial charge on any atom is 0.387 e. The van der Waals surface area contributed by atoms with Gasteiger partial charge >= 0.3 is 6.61 Å². The fraction of sp³-hybridized carbons (Fsp3) is 0.600. The molecule has 3 nitrogen and oxygen atoms in total. The summed E-state index contributed by atoms with van der Waals surface area (Å²) in [6.07, 6.45) is 2.12. The molecule has 0 atom stereocenters. The van der Waals surface area contributed by atoms with E-state index in [1.807, 2.05) is 0 Å². The first-order valence-corrected chi connectivity index (χ1v) is 7.58. The predicted octanol–water partition coefficient (Wildman–Crippen LogP) is 4.23. The SMILES string of the molecule is CC(C)N1CCC(Nc2ccc(OC(F)F)c(Cl)c2)CC1. The van der Waals surface area contributed by atoms with Crippen molar-refractivity contribution in [3.63, 3.8) is 0 Å². The molecule has 0 radical (unpaired) electrons. The Hall–Kier alpha value is -1.07. The first-order chi connectivity index (χ1) is 9.95. The number of piperidine rings is 1. The molecular weight excluding hydrogens is 298 g/mol. The van der Waals surface area contributed by atoms with Crippen LogP contribution in [0.15, 0.2) is 18.2 Å². The Labute approximate surface area is 129 Å². The number of likely N-dealkylation sites (tertiary alicyclic amines) is 1. The second kappa shape index (κ2) is 7.27. The molecule has 0 amide bonds. The van der Waals surface area contributed by atoms with Gasteiger partial charge in [0.05, 0.1) is 5.02 Å². The average molecular weight is 319 g/mol. The summed E-state index contributed by atoms with van der Waals surface area (Å²) in [4.78, 5) is 2.45. The number of halogens is 3. The molecular formula is C15H21ClF2N2O. The maximum atomic E-state index is 12.2. The van der Waals surface area contributed by atoms with Crippen molar-refractivity contribution in [3.8, 4) is 5.75 Å². The monoisotopic (exact) mass is 318 g/mol. The minimum Gasteiger partial charge on any atom is -0.433 e. The van der Waals surface area contributed by atoms with E-state index in [-0.39, 0.29) is 10.8 Å². The molecule has 1 aromatic rings. The molecule has 1 heterocycles. The number of hydrogen-bond acceptors (Lipinski definition) is 3. The third-order valence-corrected chi connectivity index (χ3v) is 4.07. The fourth-order valence-corrected chi connectivity index (χ4v) is 2.80. The summed E-state index contributed by atoms with van der Waals surface area (Å²) in [5.74, 6) is 0.00634. The lowest BCUT2D eigenvalue weighted by atomic mass is 10.0. The van der Waals surface area contributed by atoms with Crippen LogP contribution in [0.3, 0.4) is 0 Å². The summed E-state index contributed by atoms with van der Waals surface area (Å²) >= 11 is 5.95. The van der Waals surface area contributed by atoms with Crippen molar-refractivity contribution in [3.05, 3.63) is 23.2 Å². The minimum absolute atomic E-state index is 0.00634. The third-order valence-electron chi connectivity index (χ3n) is 3.78. The van der Waals surface area contributed by atoms with Crippen molar-refractivity contribution in [2.75, 3.05) is 18.4 Å². The molecule has 1 aliphatic heterocycles. The van der Waals surface area contributed by atoms with Gasteiger partial charge in [-0.25, -0.2) is 0 Å². The molecule has 6 heteroatoms. The summed E-state index contributed by atoms with van der Waals surface area (Å²) < 4.78 is 28.7. The van der Waals surface area contributed by atoms with Gasteiger partial charge < -0.3 is 15.0 Å². The molecule has 1 fully saturated rings. The number of anilines is 1. The van der Waals surface area contributed by atoms with Gasteiger partial charge in [0.25, 0.3) is 0 Å². The Morgan fingerprint density at radius 3 is 2.48 bits per heavy atom. The Kier molecular flexibility index (Phi) is 5.65. The molecule has 0 unspecified atom stereocenters. The van der Waals surface area contributed by atoms with Crippen LogP contribution in [0.1, 0.15) is 26.7 Å². The molecule has 21 heavy (non-hydrogen) atoms. The molecule has 0 spiro atoms. The lowest BCUT2D eigenvalue weighted by Crippen LogP contribution is -2.42. The van der Waals surface area contributed by atoms with Gasteiger partial charge in [0.15, 0.2) is 0 Å². The highest BCUT2D eigenvalue weighted by Crippen LogP contribution is 2.30. The van der Waals surface area contributed by atoms with E-state index in [9.17, 15) is 8.78 Å². The Morgan fingerprint density at radius 2 is 1.95 bits per heavy atom. The van der Waals surface area contributed by atoms with Crippen molar-refractivity contribution in [1.29, 1.82) is 0 Å². The van der Waals surface area contributed by atoms with Crippen LogP contribution in [0.25, 0.3) is 0 Å². The maximum absolute atomic E-state index is 12.2. The summed E-state index contributed by atoms with van der Waals surface area (Å²) in [6.45, 7) is 3.68. The highest BCUT2D eigenvalue weighted by molar-refractivity contribution is 6.32. The Bertz CT molecular complexity index is 463. The normalized spacial score (nSPS) is 17.5. The number of nitrogens with zero attached hydrogens (tertiary/aromatic N) is 1. The zero-order valence-corrected chi connectivity index (χ0v) is 13.0. The lowest BCUT2D eigenvalue weighted by Gasteiger charge is -2.35.